The summed E-state index contributed by atoms with van der Waals surface area (Å²) < 4.78 is 8.92. The van der Waals surface area contributed by atoms with Crippen LogP contribution >= 0.6 is 35.3 Å². The molecule has 1 aromatic carbocycles. The molecule has 10 heteroatoms. The summed E-state index contributed by atoms with van der Waals surface area (Å²) in [7, 11) is 3.74. The minimum atomic E-state index is 0. The summed E-state index contributed by atoms with van der Waals surface area (Å²) in [5.41, 5.74) is 2.13. The summed E-state index contributed by atoms with van der Waals surface area (Å²) in [6.07, 6.45) is 3.89. The Morgan fingerprint density at radius 3 is 2.97 bits per heavy atom. The van der Waals surface area contributed by atoms with Crippen molar-refractivity contribution >= 4 is 56.6 Å². The summed E-state index contributed by atoms with van der Waals surface area (Å²) in [5, 5.41) is 12.0. The van der Waals surface area contributed by atoms with Gasteiger partial charge in [-0.3, -0.25) is 9.67 Å². The van der Waals surface area contributed by atoms with Gasteiger partial charge in [0.05, 0.1) is 29.6 Å². The number of morpholine rings is 1. The Hall–Kier alpha value is -1.92. The van der Waals surface area contributed by atoms with Crippen LogP contribution in [0.15, 0.2) is 41.7 Å². The van der Waals surface area contributed by atoms with E-state index in [2.05, 4.69) is 36.7 Å². The molecule has 1 atom stereocenters. The van der Waals surface area contributed by atoms with Crippen molar-refractivity contribution in [1.29, 1.82) is 0 Å². The Labute approximate surface area is 191 Å². The van der Waals surface area contributed by atoms with Gasteiger partial charge in [0.15, 0.2) is 11.1 Å². The molecule has 1 saturated heterocycles. The third kappa shape index (κ3) is 5.37. The second kappa shape index (κ2) is 10.2. The monoisotopic (exact) mass is 527 g/mol. The lowest BCUT2D eigenvalue weighted by Gasteiger charge is -2.34. The average Bonchev–Trinajstić information content (AvgIpc) is 3.34. The smallest absolute Gasteiger partial charge is 0.193 e. The van der Waals surface area contributed by atoms with E-state index in [4.69, 9.17) is 4.74 Å². The van der Waals surface area contributed by atoms with E-state index in [0.29, 0.717) is 6.61 Å². The van der Waals surface area contributed by atoms with Crippen LogP contribution in [-0.4, -0.2) is 65.5 Å². The largest absolute Gasteiger partial charge is 0.370 e. The molecular formula is C19H26IN7OS. The molecule has 3 heterocycles. The lowest BCUT2D eigenvalue weighted by atomic mass is 10.1. The van der Waals surface area contributed by atoms with Crippen molar-refractivity contribution in [1.82, 2.24) is 25.0 Å². The third-order valence-corrected chi connectivity index (χ3v) is 5.65. The predicted octanol–water partition coefficient (Wildman–Crippen LogP) is 2.71. The van der Waals surface area contributed by atoms with Gasteiger partial charge in [-0.15, -0.1) is 24.0 Å². The number of nitrogens with zero attached hydrogens (tertiary/aromatic N) is 5. The molecule has 0 amide bonds. The fourth-order valence-electron chi connectivity index (χ4n) is 3.27. The van der Waals surface area contributed by atoms with Crippen LogP contribution in [0.2, 0.25) is 0 Å². The second-order valence-electron chi connectivity index (χ2n) is 6.64. The van der Waals surface area contributed by atoms with Crippen molar-refractivity contribution in [3.63, 3.8) is 0 Å². The molecule has 0 spiro atoms. The normalized spacial score (nSPS) is 17.2. The maximum Gasteiger partial charge on any atom is 0.193 e. The Bertz CT molecular complexity index is 924. The van der Waals surface area contributed by atoms with E-state index in [-0.39, 0.29) is 30.1 Å². The first-order chi connectivity index (χ1) is 13.7. The molecule has 3 aromatic rings. The van der Waals surface area contributed by atoms with Crippen LogP contribution in [0.5, 0.6) is 0 Å². The van der Waals surface area contributed by atoms with Gasteiger partial charge in [0, 0.05) is 45.5 Å². The van der Waals surface area contributed by atoms with Crippen molar-refractivity contribution in [3.05, 3.63) is 42.2 Å². The number of hydrogen-bond acceptors (Lipinski definition) is 6. The summed E-state index contributed by atoms with van der Waals surface area (Å²) in [6.45, 7) is 3.79. The number of aromatic nitrogens is 3. The highest BCUT2D eigenvalue weighted by Gasteiger charge is 2.25. The van der Waals surface area contributed by atoms with E-state index in [1.807, 2.05) is 44.7 Å². The number of benzene rings is 1. The highest BCUT2D eigenvalue weighted by molar-refractivity contribution is 14.0. The van der Waals surface area contributed by atoms with Crippen molar-refractivity contribution in [2.45, 2.75) is 6.10 Å². The highest BCUT2D eigenvalue weighted by atomic mass is 127. The van der Waals surface area contributed by atoms with E-state index in [1.54, 1.807) is 16.0 Å². The van der Waals surface area contributed by atoms with E-state index in [9.17, 15) is 0 Å². The molecule has 1 unspecified atom stereocenters. The Morgan fingerprint density at radius 2 is 2.21 bits per heavy atom. The van der Waals surface area contributed by atoms with E-state index in [1.165, 1.54) is 4.70 Å². The summed E-state index contributed by atoms with van der Waals surface area (Å²) >= 11 is 1.67. The minimum Gasteiger partial charge on any atom is -0.370 e. The number of ether oxygens (including phenoxy) is 1. The third-order valence-electron chi connectivity index (χ3n) is 4.65. The maximum absolute atomic E-state index is 5.92. The van der Waals surface area contributed by atoms with Gasteiger partial charge in [-0.25, -0.2) is 4.98 Å². The number of fused-ring (bicyclic) bond motifs is 1. The van der Waals surface area contributed by atoms with Crippen molar-refractivity contribution in [3.8, 4) is 0 Å². The molecule has 0 saturated carbocycles. The molecule has 8 nitrogen and oxygen atoms in total. The first-order valence-electron chi connectivity index (χ1n) is 9.38. The first-order valence-corrected chi connectivity index (χ1v) is 10.2. The minimum absolute atomic E-state index is 0. The number of aliphatic imine (C=N–C) groups is 1. The number of anilines is 1. The topological polar surface area (TPSA) is 79.6 Å². The lowest BCUT2D eigenvalue weighted by Crippen LogP contribution is -2.49. The van der Waals surface area contributed by atoms with Gasteiger partial charge in [-0.05, 0) is 12.1 Å². The number of rotatable bonds is 5. The van der Waals surface area contributed by atoms with Crippen LogP contribution in [0.1, 0.15) is 11.7 Å². The molecule has 0 bridgehead atoms. The van der Waals surface area contributed by atoms with Gasteiger partial charge in [0.25, 0.3) is 0 Å². The number of hydrogen-bond donors (Lipinski definition) is 2. The summed E-state index contributed by atoms with van der Waals surface area (Å²) in [6, 6.07) is 8.18. The predicted molar refractivity (Wildman–Crippen MR) is 128 cm³/mol. The van der Waals surface area contributed by atoms with Crippen molar-refractivity contribution in [2.75, 3.05) is 45.2 Å². The molecule has 2 N–H and O–H groups in total. The van der Waals surface area contributed by atoms with Gasteiger partial charge in [0.1, 0.15) is 6.10 Å². The molecule has 1 fully saturated rings. The van der Waals surface area contributed by atoms with Gasteiger partial charge >= 0.3 is 0 Å². The van der Waals surface area contributed by atoms with E-state index >= 15 is 0 Å². The molecule has 4 rings (SSSR count). The SMILES string of the molecule is CN=C(NCCNc1nc2ccccc2s1)N1CCOC(c2cnn(C)c2)C1.I. The number of para-hydroxylation sites is 1. The van der Waals surface area contributed by atoms with Gasteiger partial charge in [-0.1, -0.05) is 23.5 Å². The molecule has 1 aliphatic heterocycles. The molecule has 2 aromatic heterocycles. The number of halogens is 1. The standard InChI is InChI=1S/C19H25N7OS.HI/c1-20-18(26-9-10-27-16(13-26)14-11-23-25(2)12-14)21-7-8-22-19-24-15-5-3-4-6-17(15)28-19;/h3-6,11-12,16H,7-10,13H2,1-2H3,(H,20,21)(H,22,24);1H. The zero-order valence-electron chi connectivity index (χ0n) is 16.5. The molecule has 0 radical (unpaired) electrons. The van der Waals surface area contributed by atoms with Crippen LogP contribution in [-0.2, 0) is 11.8 Å². The molecule has 29 heavy (non-hydrogen) atoms. The number of thiazole rings is 1. The summed E-state index contributed by atoms with van der Waals surface area (Å²) in [5.74, 6) is 0.892. The summed E-state index contributed by atoms with van der Waals surface area (Å²) in [4.78, 5) is 11.3. The van der Waals surface area contributed by atoms with Crippen LogP contribution in [0.25, 0.3) is 10.2 Å². The van der Waals surface area contributed by atoms with E-state index < -0.39 is 0 Å². The van der Waals surface area contributed by atoms with Crippen LogP contribution in [0.4, 0.5) is 5.13 Å². The maximum atomic E-state index is 5.92. The highest BCUT2D eigenvalue weighted by Crippen LogP contribution is 2.25. The Balaban J connectivity index is 0.00000240. The molecule has 0 aliphatic carbocycles. The quantitative estimate of drug-likeness (QED) is 0.230. The van der Waals surface area contributed by atoms with Gasteiger partial charge in [0.2, 0.25) is 0 Å². The Kier molecular flexibility index (Phi) is 7.67. The van der Waals surface area contributed by atoms with E-state index in [0.717, 1.165) is 48.4 Å². The zero-order chi connectivity index (χ0) is 19.3. The van der Waals surface area contributed by atoms with Gasteiger partial charge in [-0.2, -0.15) is 5.10 Å². The molecule has 1 aliphatic rings. The van der Waals surface area contributed by atoms with Crippen LogP contribution < -0.4 is 10.6 Å². The van der Waals surface area contributed by atoms with Crippen molar-refractivity contribution in [2.24, 2.45) is 12.0 Å². The average molecular weight is 527 g/mol. The van der Waals surface area contributed by atoms with Crippen LogP contribution in [0, 0.1) is 0 Å². The number of nitrogens with one attached hydrogen (secondary N) is 2. The number of guanidine groups is 1. The second-order valence-corrected chi connectivity index (χ2v) is 7.67. The number of aryl methyl sites for hydroxylation is 1. The van der Waals surface area contributed by atoms with Crippen molar-refractivity contribution < 1.29 is 4.74 Å². The fourth-order valence-corrected chi connectivity index (χ4v) is 4.16. The molecular weight excluding hydrogens is 501 g/mol. The Morgan fingerprint density at radius 1 is 1.34 bits per heavy atom. The zero-order valence-corrected chi connectivity index (χ0v) is 19.7. The molecule has 156 valence electrons. The first kappa shape index (κ1) is 21.8. The lowest BCUT2D eigenvalue weighted by molar-refractivity contribution is -0.00799. The van der Waals surface area contributed by atoms with Gasteiger partial charge < -0.3 is 20.3 Å². The van der Waals surface area contributed by atoms with Crippen LogP contribution in [0.3, 0.4) is 0 Å². The fraction of sp³-hybridized carbons (Fsp3) is 0.421.